The highest BCUT2D eigenvalue weighted by molar-refractivity contribution is 6.04. The van der Waals surface area contributed by atoms with Gasteiger partial charge in [0.2, 0.25) is 11.9 Å². The van der Waals surface area contributed by atoms with Gasteiger partial charge in [-0.05, 0) is 73.7 Å². The molecule has 1 saturated heterocycles. The average molecular weight is 533 g/mol. The number of anilines is 3. The molecule has 0 atom stereocenters. The van der Waals surface area contributed by atoms with Crippen molar-refractivity contribution in [2.24, 2.45) is 5.73 Å². The summed E-state index contributed by atoms with van der Waals surface area (Å²) in [6, 6.07) is 12.8. The zero-order chi connectivity index (χ0) is 27.6. The van der Waals surface area contributed by atoms with E-state index in [1.807, 2.05) is 6.07 Å². The molecule has 0 saturated carbocycles. The van der Waals surface area contributed by atoms with Crippen LogP contribution in [0.25, 0.3) is 22.4 Å². The largest absolute Gasteiger partial charge is 0.418 e. The number of benzene rings is 2. The molecule has 2 aromatic heterocycles. The normalized spacial score (nSPS) is 13.8. The van der Waals surface area contributed by atoms with Crippen LogP contribution in [0.15, 0.2) is 67.1 Å². The quantitative estimate of drug-likeness (QED) is 0.300. The maximum atomic E-state index is 14.3. The third-order valence-electron chi connectivity index (χ3n) is 6.82. The fraction of sp³-hybridized carbons (Fsp3) is 0.241. The van der Waals surface area contributed by atoms with Crippen LogP contribution in [0.3, 0.4) is 0 Å². The molecule has 1 amide bonds. The maximum absolute atomic E-state index is 14.3. The van der Waals surface area contributed by atoms with Gasteiger partial charge >= 0.3 is 6.18 Å². The van der Waals surface area contributed by atoms with Gasteiger partial charge in [0.1, 0.15) is 0 Å². The van der Waals surface area contributed by atoms with Crippen molar-refractivity contribution in [1.29, 1.82) is 0 Å². The fourth-order valence-electron chi connectivity index (χ4n) is 4.91. The summed E-state index contributed by atoms with van der Waals surface area (Å²) in [4.78, 5) is 27.2. The first-order valence-electron chi connectivity index (χ1n) is 12.6. The molecule has 1 aliphatic heterocycles. The first kappa shape index (κ1) is 26.1. The molecule has 1 aliphatic rings. The summed E-state index contributed by atoms with van der Waals surface area (Å²) in [7, 11) is 0. The molecule has 10 heteroatoms. The molecular formula is C29H27F3N6O. The molecule has 5 rings (SSSR count). The smallest absolute Gasteiger partial charge is 0.371 e. The monoisotopic (exact) mass is 532 g/mol. The number of amides is 1. The van der Waals surface area contributed by atoms with Gasteiger partial charge in [0.25, 0.3) is 0 Å². The van der Waals surface area contributed by atoms with Crippen molar-refractivity contribution in [2.75, 3.05) is 23.3 Å². The lowest BCUT2D eigenvalue weighted by Gasteiger charge is -2.31. The number of aryl methyl sites for hydroxylation is 1. The highest BCUT2D eigenvalue weighted by atomic mass is 19.4. The molecule has 0 aliphatic carbocycles. The highest BCUT2D eigenvalue weighted by Gasteiger charge is 2.36. The number of pyridine rings is 1. The van der Waals surface area contributed by atoms with E-state index in [1.165, 1.54) is 12.1 Å². The van der Waals surface area contributed by atoms with Gasteiger partial charge in [-0.25, -0.2) is 9.97 Å². The van der Waals surface area contributed by atoms with Crippen molar-refractivity contribution < 1.29 is 18.0 Å². The van der Waals surface area contributed by atoms with Gasteiger partial charge in [-0.2, -0.15) is 13.2 Å². The fourth-order valence-corrected chi connectivity index (χ4v) is 4.91. The van der Waals surface area contributed by atoms with Gasteiger partial charge in [0.05, 0.1) is 16.9 Å². The van der Waals surface area contributed by atoms with Gasteiger partial charge in [-0.1, -0.05) is 12.1 Å². The molecular weight excluding hydrogens is 505 g/mol. The highest BCUT2D eigenvalue weighted by Crippen LogP contribution is 2.43. The van der Waals surface area contributed by atoms with E-state index < -0.39 is 17.6 Å². The number of primary amides is 1. The number of piperidine rings is 1. The minimum Gasteiger partial charge on any atom is -0.371 e. The minimum atomic E-state index is -4.59. The van der Waals surface area contributed by atoms with Gasteiger partial charge < -0.3 is 16.0 Å². The standard InChI is InChI=1S/C29H27F3N6O/c1-18-7-9-21(27(33)39)25(26(18)37-28-35-13-11-23(36-28)20-6-5-12-34-17-20)19-8-10-24(22(16-19)29(30,31)32)38-14-3-2-4-15-38/h5-13,16-17H,2-4,14-15H2,1H3,(H2,33,39)(H,35,36,37). The number of rotatable bonds is 6. The van der Waals surface area contributed by atoms with Crippen molar-refractivity contribution >= 4 is 23.2 Å². The Kier molecular flexibility index (Phi) is 7.19. The van der Waals surface area contributed by atoms with E-state index in [0.717, 1.165) is 30.9 Å². The van der Waals surface area contributed by atoms with Crippen LogP contribution in [0.2, 0.25) is 0 Å². The second-order valence-corrected chi connectivity index (χ2v) is 9.45. The number of alkyl halides is 3. The van der Waals surface area contributed by atoms with E-state index >= 15 is 0 Å². The van der Waals surface area contributed by atoms with E-state index in [2.05, 4.69) is 20.3 Å². The Morgan fingerprint density at radius 3 is 2.49 bits per heavy atom. The van der Waals surface area contributed by atoms with E-state index in [0.29, 0.717) is 30.0 Å². The molecule has 0 radical (unpaired) electrons. The summed E-state index contributed by atoms with van der Waals surface area (Å²) in [6.45, 7) is 2.92. The number of nitrogens with zero attached hydrogens (tertiary/aromatic N) is 4. The second-order valence-electron chi connectivity index (χ2n) is 9.45. The molecule has 0 unspecified atom stereocenters. The van der Waals surface area contributed by atoms with Crippen LogP contribution in [0.1, 0.15) is 40.7 Å². The molecule has 0 spiro atoms. The van der Waals surface area contributed by atoms with Crippen LogP contribution in [0.5, 0.6) is 0 Å². The molecule has 39 heavy (non-hydrogen) atoms. The Morgan fingerprint density at radius 2 is 1.79 bits per heavy atom. The lowest BCUT2D eigenvalue weighted by molar-refractivity contribution is -0.137. The molecule has 3 N–H and O–H groups in total. The van der Waals surface area contributed by atoms with E-state index in [-0.39, 0.29) is 28.3 Å². The summed E-state index contributed by atoms with van der Waals surface area (Å²) in [5.41, 5.74) is 8.11. The Hall–Kier alpha value is -4.47. The van der Waals surface area contributed by atoms with Crippen molar-refractivity contribution in [3.8, 4) is 22.4 Å². The van der Waals surface area contributed by atoms with Crippen molar-refractivity contribution in [2.45, 2.75) is 32.4 Å². The van der Waals surface area contributed by atoms with Crippen LogP contribution in [-0.2, 0) is 6.18 Å². The lowest BCUT2D eigenvalue weighted by atomic mass is 9.92. The van der Waals surface area contributed by atoms with E-state index in [9.17, 15) is 18.0 Å². The number of carbonyl (C=O) groups excluding carboxylic acids is 1. The van der Waals surface area contributed by atoms with Crippen molar-refractivity contribution in [3.63, 3.8) is 0 Å². The SMILES string of the molecule is Cc1ccc(C(N)=O)c(-c2ccc(N3CCCCC3)c(C(F)(F)F)c2)c1Nc1nccc(-c2cccnc2)n1. The Labute approximate surface area is 223 Å². The van der Waals surface area contributed by atoms with Crippen molar-refractivity contribution in [1.82, 2.24) is 15.0 Å². The lowest BCUT2D eigenvalue weighted by Crippen LogP contribution is -2.31. The molecule has 0 bridgehead atoms. The van der Waals surface area contributed by atoms with Gasteiger partial charge in [-0.15, -0.1) is 0 Å². The zero-order valence-electron chi connectivity index (χ0n) is 21.3. The summed E-state index contributed by atoms with van der Waals surface area (Å²) in [5, 5.41) is 3.14. The number of nitrogens with one attached hydrogen (secondary N) is 1. The molecule has 2 aromatic carbocycles. The summed E-state index contributed by atoms with van der Waals surface area (Å²) in [6.07, 6.45) is 2.98. The predicted octanol–water partition coefficient (Wildman–Crippen LogP) is 6.37. The van der Waals surface area contributed by atoms with E-state index in [1.54, 1.807) is 54.7 Å². The first-order valence-corrected chi connectivity index (χ1v) is 12.6. The maximum Gasteiger partial charge on any atom is 0.418 e. The van der Waals surface area contributed by atoms with Crippen LogP contribution >= 0.6 is 0 Å². The third-order valence-corrected chi connectivity index (χ3v) is 6.82. The number of carbonyl (C=O) groups is 1. The molecule has 7 nitrogen and oxygen atoms in total. The summed E-state index contributed by atoms with van der Waals surface area (Å²) >= 11 is 0. The van der Waals surface area contributed by atoms with Crippen LogP contribution < -0.4 is 16.0 Å². The van der Waals surface area contributed by atoms with Gasteiger partial charge in [0, 0.05) is 54.1 Å². The Morgan fingerprint density at radius 1 is 1.00 bits per heavy atom. The van der Waals surface area contributed by atoms with Crippen LogP contribution in [-0.4, -0.2) is 33.9 Å². The zero-order valence-corrected chi connectivity index (χ0v) is 21.3. The molecule has 200 valence electrons. The second kappa shape index (κ2) is 10.7. The number of aromatic nitrogens is 3. The first-order chi connectivity index (χ1) is 18.7. The molecule has 4 aromatic rings. The Balaban J connectivity index is 1.63. The predicted molar refractivity (Wildman–Crippen MR) is 145 cm³/mol. The summed E-state index contributed by atoms with van der Waals surface area (Å²) < 4.78 is 43.0. The number of hydrogen-bond acceptors (Lipinski definition) is 6. The van der Waals surface area contributed by atoms with Crippen LogP contribution in [0, 0.1) is 6.92 Å². The molecule has 1 fully saturated rings. The minimum absolute atomic E-state index is 0.0883. The van der Waals surface area contributed by atoms with Gasteiger partial charge in [-0.3, -0.25) is 9.78 Å². The number of hydrogen-bond donors (Lipinski definition) is 2. The Bertz CT molecular complexity index is 1500. The van der Waals surface area contributed by atoms with Crippen molar-refractivity contribution in [3.05, 3.63) is 83.8 Å². The van der Waals surface area contributed by atoms with Gasteiger partial charge in [0.15, 0.2) is 0 Å². The molecule has 3 heterocycles. The third kappa shape index (κ3) is 5.55. The number of nitrogens with two attached hydrogens (primary N) is 1. The average Bonchev–Trinajstić information content (AvgIpc) is 2.94. The summed E-state index contributed by atoms with van der Waals surface area (Å²) in [5.74, 6) is -0.546. The van der Waals surface area contributed by atoms with Crippen LogP contribution in [0.4, 0.5) is 30.5 Å². The topological polar surface area (TPSA) is 97.0 Å². The van der Waals surface area contributed by atoms with E-state index in [4.69, 9.17) is 5.73 Å². The number of halogens is 3.